The molecule has 1 heterocycles. The fraction of sp³-hybridized carbons (Fsp3) is 0.167. The molecule has 0 bridgehead atoms. The van der Waals surface area contributed by atoms with Gasteiger partial charge in [-0.25, -0.2) is 0 Å². The van der Waals surface area contributed by atoms with Crippen LogP contribution in [0, 0.1) is 5.21 Å². The van der Waals surface area contributed by atoms with Crippen LogP contribution in [-0.4, -0.2) is 10.2 Å². The molecular weight excluding hydrogens is 134 g/mol. The van der Waals surface area contributed by atoms with Gasteiger partial charge in [0.2, 0.25) is 11.9 Å². The number of aromatic nitrogens is 1. The standard InChI is InChI=1S/C6H7NO3/c8-4-5-1-2-6(9)3-7(5)10/h1-3,8-9H,4H2. The van der Waals surface area contributed by atoms with Crippen molar-refractivity contribution in [3.63, 3.8) is 0 Å². The SMILES string of the molecule is [O-][n+]1cc(O)ccc1CO. The Kier molecular flexibility index (Phi) is 1.73. The van der Waals surface area contributed by atoms with Gasteiger partial charge in [-0.3, -0.25) is 0 Å². The monoisotopic (exact) mass is 141 g/mol. The Morgan fingerprint density at radius 1 is 1.50 bits per heavy atom. The fourth-order valence-electron chi connectivity index (χ4n) is 0.624. The zero-order chi connectivity index (χ0) is 7.56. The first-order chi connectivity index (χ1) is 4.74. The number of hydrogen-bond acceptors (Lipinski definition) is 3. The van der Waals surface area contributed by atoms with Crippen molar-refractivity contribution >= 4 is 0 Å². The molecule has 0 aromatic carbocycles. The maximum atomic E-state index is 10.7. The van der Waals surface area contributed by atoms with Crippen molar-refractivity contribution < 1.29 is 14.9 Å². The van der Waals surface area contributed by atoms with Crippen LogP contribution in [0.5, 0.6) is 5.75 Å². The molecule has 0 unspecified atom stereocenters. The highest BCUT2D eigenvalue weighted by Crippen LogP contribution is 2.03. The van der Waals surface area contributed by atoms with Crippen molar-refractivity contribution in [1.29, 1.82) is 0 Å². The fourth-order valence-corrected chi connectivity index (χ4v) is 0.624. The molecule has 0 amide bonds. The van der Waals surface area contributed by atoms with E-state index in [9.17, 15) is 5.21 Å². The summed E-state index contributed by atoms with van der Waals surface area (Å²) in [4.78, 5) is 0. The van der Waals surface area contributed by atoms with E-state index in [-0.39, 0.29) is 18.1 Å². The minimum atomic E-state index is -0.316. The molecule has 2 N–H and O–H groups in total. The molecule has 0 fully saturated rings. The number of pyridine rings is 1. The third-order valence-corrected chi connectivity index (χ3v) is 1.14. The van der Waals surface area contributed by atoms with Gasteiger partial charge < -0.3 is 15.4 Å². The number of aliphatic hydroxyl groups excluding tert-OH is 1. The smallest absolute Gasteiger partial charge is 0.222 e. The summed E-state index contributed by atoms with van der Waals surface area (Å²) in [5.74, 6) is -0.104. The van der Waals surface area contributed by atoms with E-state index in [2.05, 4.69) is 0 Å². The normalized spacial score (nSPS) is 9.70. The van der Waals surface area contributed by atoms with E-state index in [4.69, 9.17) is 10.2 Å². The van der Waals surface area contributed by atoms with Crippen molar-refractivity contribution in [3.05, 3.63) is 29.2 Å². The molecule has 54 valence electrons. The van der Waals surface area contributed by atoms with Crippen LogP contribution in [0.4, 0.5) is 0 Å². The van der Waals surface area contributed by atoms with Crippen LogP contribution in [0.1, 0.15) is 5.69 Å². The number of nitrogens with zero attached hydrogens (tertiary/aromatic N) is 1. The molecule has 0 radical (unpaired) electrons. The quantitative estimate of drug-likeness (QED) is 0.410. The van der Waals surface area contributed by atoms with Gasteiger partial charge >= 0.3 is 0 Å². The van der Waals surface area contributed by atoms with Crippen LogP contribution in [-0.2, 0) is 6.61 Å². The number of aromatic hydroxyl groups is 1. The summed E-state index contributed by atoms with van der Waals surface area (Å²) >= 11 is 0. The highest BCUT2D eigenvalue weighted by molar-refractivity contribution is 5.13. The Hall–Kier alpha value is -1.29. The predicted molar refractivity (Wildman–Crippen MR) is 33.0 cm³/mol. The Morgan fingerprint density at radius 2 is 2.20 bits per heavy atom. The van der Waals surface area contributed by atoms with Gasteiger partial charge in [0.1, 0.15) is 6.61 Å². The van der Waals surface area contributed by atoms with Crippen LogP contribution in [0.15, 0.2) is 18.3 Å². The van der Waals surface area contributed by atoms with Gasteiger partial charge in [-0.05, 0) is 6.07 Å². The van der Waals surface area contributed by atoms with E-state index >= 15 is 0 Å². The highest BCUT2D eigenvalue weighted by atomic mass is 16.5. The van der Waals surface area contributed by atoms with Crippen LogP contribution < -0.4 is 4.73 Å². The molecule has 0 aliphatic heterocycles. The highest BCUT2D eigenvalue weighted by Gasteiger charge is 2.02. The first kappa shape index (κ1) is 6.82. The third kappa shape index (κ3) is 1.16. The lowest BCUT2D eigenvalue weighted by molar-refractivity contribution is -0.616. The average Bonchev–Trinajstić information content (AvgIpc) is 1.88. The largest absolute Gasteiger partial charge is 0.618 e. The zero-order valence-corrected chi connectivity index (χ0v) is 5.19. The molecular formula is C6H7NO3. The van der Waals surface area contributed by atoms with Gasteiger partial charge in [0.15, 0.2) is 5.75 Å². The first-order valence-electron chi connectivity index (χ1n) is 2.76. The van der Waals surface area contributed by atoms with Crippen molar-refractivity contribution in [2.24, 2.45) is 0 Å². The summed E-state index contributed by atoms with van der Waals surface area (Å²) in [6.07, 6.45) is 0.992. The van der Waals surface area contributed by atoms with E-state index in [1.165, 1.54) is 12.1 Å². The van der Waals surface area contributed by atoms with Gasteiger partial charge in [0, 0.05) is 6.07 Å². The van der Waals surface area contributed by atoms with E-state index in [1.54, 1.807) is 0 Å². The minimum Gasteiger partial charge on any atom is -0.618 e. The van der Waals surface area contributed by atoms with Gasteiger partial charge in [-0.15, -0.1) is 0 Å². The average molecular weight is 141 g/mol. The van der Waals surface area contributed by atoms with Crippen LogP contribution >= 0.6 is 0 Å². The zero-order valence-electron chi connectivity index (χ0n) is 5.19. The van der Waals surface area contributed by atoms with Crippen molar-refractivity contribution in [2.45, 2.75) is 6.61 Å². The van der Waals surface area contributed by atoms with Crippen LogP contribution in [0.2, 0.25) is 0 Å². The molecule has 10 heavy (non-hydrogen) atoms. The van der Waals surface area contributed by atoms with E-state index < -0.39 is 0 Å². The number of hydrogen-bond donors (Lipinski definition) is 2. The molecule has 0 saturated heterocycles. The van der Waals surface area contributed by atoms with E-state index in [1.807, 2.05) is 0 Å². The molecule has 1 rings (SSSR count). The lowest BCUT2D eigenvalue weighted by atomic mass is 10.3. The molecule has 0 aliphatic carbocycles. The Morgan fingerprint density at radius 3 is 2.70 bits per heavy atom. The van der Waals surface area contributed by atoms with Crippen molar-refractivity contribution in [2.75, 3.05) is 0 Å². The molecule has 0 atom stereocenters. The lowest BCUT2D eigenvalue weighted by Crippen LogP contribution is -2.30. The summed E-state index contributed by atoms with van der Waals surface area (Å²) in [5, 5.41) is 27.9. The first-order valence-corrected chi connectivity index (χ1v) is 2.76. The van der Waals surface area contributed by atoms with Crippen LogP contribution in [0.3, 0.4) is 0 Å². The molecule has 0 spiro atoms. The Balaban J connectivity index is 3.07. The van der Waals surface area contributed by atoms with Gasteiger partial charge in [0.05, 0.1) is 0 Å². The van der Waals surface area contributed by atoms with Gasteiger partial charge in [-0.1, -0.05) is 0 Å². The second-order valence-corrected chi connectivity index (χ2v) is 1.86. The molecule has 0 saturated carbocycles. The predicted octanol–water partition coefficient (Wildman–Crippen LogP) is -0.482. The summed E-state index contributed by atoms with van der Waals surface area (Å²) in [6.45, 7) is -0.316. The van der Waals surface area contributed by atoms with Gasteiger partial charge in [-0.2, -0.15) is 4.73 Å². The summed E-state index contributed by atoms with van der Waals surface area (Å²) in [5.41, 5.74) is 0.220. The lowest BCUT2D eigenvalue weighted by Gasteiger charge is -2.00. The maximum Gasteiger partial charge on any atom is 0.222 e. The summed E-state index contributed by atoms with van der Waals surface area (Å²) in [7, 11) is 0. The van der Waals surface area contributed by atoms with E-state index in [0.29, 0.717) is 4.73 Å². The molecule has 1 aromatic rings. The van der Waals surface area contributed by atoms with Crippen molar-refractivity contribution in [3.8, 4) is 5.75 Å². The molecule has 0 aliphatic rings. The number of rotatable bonds is 1. The second kappa shape index (κ2) is 2.53. The number of aliphatic hydroxyl groups is 1. The summed E-state index contributed by atoms with van der Waals surface area (Å²) < 4.78 is 0.426. The summed E-state index contributed by atoms with van der Waals surface area (Å²) in [6, 6.07) is 2.71. The molecule has 1 aromatic heterocycles. The Bertz CT molecular complexity index is 236. The third-order valence-electron chi connectivity index (χ3n) is 1.14. The molecule has 4 nitrogen and oxygen atoms in total. The van der Waals surface area contributed by atoms with Crippen LogP contribution in [0.25, 0.3) is 0 Å². The minimum absolute atomic E-state index is 0.104. The second-order valence-electron chi connectivity index (χ2n) is 1.86. The van der Waals surface area contributed by atoms with E-state index in [0.717, 1.165) is 6.20 Å². The van der Waals surface area contributed by atoms with Crippen molar-refractivity contribution in [1.82, 2.24) is 0 Å². The van der Waals surface area contributed by atoms with Gasteiger partial charge in [0.25, 0.3) is 0 Å². The Labute approximate surface area is 57.6 Å². The molecule has 4 heteroatoms. The maximum absolute atomic E-state index is 10.7. The topological polar surface area (TPSA) is 67.4 Å².